The highest BCUT2D eigenvalue weighted by Gasteiger charge is 2.17. The predicted molar refractivity (Wildman–Crippen MR) is 132 cm³/mol. The lowest BCUT2D eigenvalue weighted by molar-refractivity contribution is -0.149. The first kappa shape index (κ1) is 24.9. The van der Waals surface area contributed by atoms with Gasteiger partial charge in [0.2, 0.25) is 0 Å². The van der Waals surface area contributed by atoms with Crippen LogP contribution in [0.25, 0.3) is 5.57 Å². The van der Waals surface area contributed by atoms with Crippen LogP contribution in [0, 0.1) is 0 Å². The molecule has 178 valence electrons. The maximum absolute atomic E-state index is 11.2. The standard InChI is InChI=1S/C28H30O6/c1-4-32-27(28(29)30)19-21-5-9-24(10-6-21)33-18-17-20(2)22-7-11-25(12-8-22)34-26-15-13-23(31-3)14-16-26/h5-17,27H,4,18-19H2,1-3H3,(H,29,30)/t27-/m0/s1. The number of ether oxygens (including phenoxy) is 4. The van der Waals surface area contributed by atoms with E-state index in [1.807, 2.05) is 85.8 Å². The lowest BCUT2D eigenvalue weighted by Gasteiger charge is -2.12. The Bertz CT molecular complexity index is 1070. The minimum atomic E-state index is -0.955. The highest BCUT2D eigenvalue weighted by atomic mass is 16.5. The maximum Gasteiger partial charge on any atom is 0.333 e. The van der Waals surface area contributed by atoms with Gasteiger partial charge in [0.1, 0.15) is 29.6 Å². The molecule has 0 unspecified atom stereocenters. The molecule has 1 atom stereocenters. The lowest BCUT2D eigenvalue weighted by Crippen LogP contribution is -2.26. The van der Waals surface area contributed by atoms with E-state index in [0.717, 1.165) is 39.7 Å². The number of hydrogen-bond donors (Lipinski definition) is 1. The quantitative estimate of drug-likeness (QED) is 0.356. The molecule has 0 saturated carbocycles. The molecule has 0 aliphatic rings. The molecule has 3 aromatic carbocycles. The Balaban J connectivity index is 1.51. The van der Waals surface area contributed by atoms with Crippen LogP contribution in [-0.4, -0.2) is 37.5 Å². The number of carboxylic acids is 1. The topological polar surface area (TPSA) is 74.2 Å². The van der Waals surface area contributed by atoms with Gasteiger partial charge in [-0.25, -0.2) is 4.79 Å². The number of benzene rings is 3. The van der Waals surface area contributed by atoms with E-state index < -0.39 is 12.1 Å². The summed E-state index contributed by atoms with van der Waals surface area (Å²) in [5, 5.41) is 9.21. The fourth-order valence-electron chi connectivity index (χ4n) is 3.30. The molecule has 0 aliphatic carbocycles. The molecule has 0 spiro atoms. The first-order valence-corrected chi connectivity index (χ1v) is 11.1. The number of allylic oxidation sites excluding steroid dienone is 1. The molecule has 0 amide bonds. The van der Waals surface area contributed by atoms with Gasteiger partial charge in [-0.1, -0.05) is 24.3 Å². The zero-order chi connectivity index (χ0) is 24.3. The van der Waals surface area contributed by atoms with Crippen LogP contribution in [0.1, 0.15) is 25.0 Å². The molecule has 0 radical (unpaired) electrons. The van der Waals surface area contributed by atoms with E-state index in [0.29, 0.717) is 19.6 Å². The predicted octanol–water partition coefficient (Wildman–Crippen LogP) is 6.00. The van der Waals surface area contributed by atoms with Crippen molar-refractivity contribution in [2.24, 2.45) is 0 Å². The summed E-state index contributed by atoms with van der Waals surface area (Å²) >= 11 is 0. The van der Waals surface area contributed by atoms with Crippen LogP contribution < -0.4 is 14.2 Å². The fraction of sp³-hybridized carbons (Fsp3) is 0.250. The van der Waals surface area contributed by atoms with Crippen LogP contribution in [0.15, 0.2) is 78.9 Å². The van der Waals surface area contributed by atoms with Crippen LogP contribution in [-0.2, 0) is 16.0 Å². The van der Waals surface area contributed by atoms with Gasteiger partial charge in [-0.3, -0.25) is 0 Å². The first-order valence-electron chi connectivity index (χ1n) is 11.1. The molecule has 0 bridgehead atoms. The second-order valence-corrected chi connectivity index (χ2v) is 7.63. The Hall–Kier alpha value is -3.77. The normalized spacial score (nSPS) is 12.1. The van der Waals surface area contributed by atoms with Gasteiger partial charge < -0.3 is 24.1 Å². The van der Waals surface area contributed by atoms with Crippen molar-refractivity contribution in [2.75, 3.05) is 20.3 Å². The Morgan fingerprint density at radius 2 is 1.44 bits per heavy atom. The second kappa shape index (κ2) is 12.5. The second-order valence-electron chi connectivity index (χ2n) is 7.63. The molecular weight excluding hydrogens is 432 g/mol. The van der Waals surface area contributed by atoms with Crippen molar-refractivity contribution in [1.82, 2.24) is 0 Å². The van der Waals surface area contributed by atoms with Gasteiger partial charge in [0.25, 0.3) is 0 Å². The summed E-state index contributed by atoms with van der Waals surface area (Å²) < 4.78 is 22.1. The fourth-order valence-corrected chi connectivity index (χ4v) is 3.30. The molecule has 6 heteroatoms. The van der Waals surface area contributed by atoms with Crippen LogP contribution in [0.5, 0.6) is 23.0 Å². The molecular formula is C28H30O6. The number of aliphatic carboxylic acids is 1. The number of carbonyl (C=O) groups is 1. The van der Waals surface area contributed by atoms with E-state index in [4.69, 9.17) is 18.9 Å². The van der Waals surface area contributed by atoms with Crippen LogP contribution in [0.4, 0.5) is 0 Å². The molecule has 3 rings (SSSR count). The van der Waals surface area contributed by atoms with Gasteiger partial charge in [0.15, 0.2) is 6.10 Å². The lowest BCUT2D eigenvalue weighted by atomic mass is 10.1. The van der Waals surface area contributed by atoms with E-state index in [9.17, 15) is 9.90 Å². The molecule has 0 fully saturated rings. The average molecular weight is 463 g/mol. The summed E-state index contributed by atoms with van der Waals surface area (Å²) in [6.45, 7) is 4.60. The molecule has 1 N–H and O–H groups in total. The zero-order valence-corrected chi connectivity index (χ0v) is 19.7. The van der Waals surface area contributed by atoms with Crippen molar-refractivity contribution in [3.8, 4) is 23.0 Å². The Morgan fingerprint density at radius 3 is 2.00 bits per heavy atom. The third-order valence-corrected chi connectivity index (χ3v) is 5.23. The van der Waals surface area contributed by atoms with Crippen molar-refractivity contribution in [3.63, 3.8) is 0 Å². The summed E-state index contributed by atoms with van der Waals surface area (Å²) in [6.07, 6.45) is 1.50. The largest absolute Gasteiger partial charge is 0.497 e. The van der Waals surface area contributed by atoms with Crippen molar-refractivity contribution in [1.29, 1.82) is 0 Å². The van der Waals surface area contributed by atoms with E-state index >= 15 is 0 Å². The Morgan fingerprint density at radius 1 is 0.882 bits per heavy atom. The van der Waals surface area contributed by atoms with E-state index in [1.54, 1.807) is 14.0 Å². The van der Waals surface area contributed by atoms with Crippen molar-refractivity contribution in [3.05, 3.63) is 90.0 Å². The Labute approximate surface area is 200 Å². The summed E-state index contributed by atoms with van der Waals surface area (Å²) in [5.74, 6) is 2.06. The highest BCUT2D eigenvalue weighted by molar-refractivity contribution is 5.72. The Kier molecular flexibility index (Phi) is 9.12. The van der Waals surface area contributed by atoms with Gasteiger partial charge in [0, 0.05) is 13.0 Å². The highest BCUT2D eigenvalue weighted by Crippen LogP contribution is 2.25. The molecule has 3 aromatic rings. The van der Waals surface area contributed by atoms with E-state index in [1.165, 1.54) is 0 Å². The summed E-state index contributed by atoms with van der Waals surface area (Å²) in [6, 6.07) is 22.7. The van der Waals surface area contributed by atoms with Crippen LogP contribution >= 0.6 is 0 Å². The monoisotopic (exact) mass is 462 g/mol. The smallest absolute Gasteiger partial charge is 0.333 e. The van der Waals surface area contributed by atoms with Gasteiger partial charge in [-0.2, -0.15) is 0 Å². The SMILES string of the molecule is CCO[C@@H](Cc1ccc(OCC=C(C)c2ccc(Oc3ccc(OC)cc3)cc2)cc1)C(=O)O. The molecule has 34 heavy (non-hydrogen) atoms. The van der Waals surface area contributed by atoms with E-state index in [2.05, 4.69) is 0 Å². The number of methoxy groups -OCH3 is 1. The van der Waals surface area contributed by atoms with Gasteiger partial charge in [-0.15, -0.1) is 0 Å². The minimum Gasteiger partial charge on any atom is -0.497 e. The number of carboxylic acid groups (broad SMARTS) is 1. The van der Waals surface area contributed by atoms with E-state index in [-0.39, 0.29) is 0 Å². The average Bonchev–Trinajstić information content (AvgIpc) is 2.85. The third kappa shape index (κ3) is 7.39. The van der Waals surface area contributed by atoms with Crippen LogP contribution in [0.2, 0.25) is 0 Å². The van der Waals surface area contributed by atoms with Crippen molar-refractivity contribution >= 4 is 11.5 Å². The van der Waals surface area contributed by atoms with Crippen molar-refractivity contribution in [2.45, 2.75) is 26.4 Å². The summed E-state index contributed by atoms with van der Waals surface area (Å²) in [4.78, 5) is 11.2. The maximum atomic E-state index is 11.2. The van der Waals surface area contributed by atoms with Crippen molar-refractivity contribution < 1.29 is 28.8 Å². The minimum absolute atomic E-state index is 0.320. The first-order chi connectivity index (χ1) is 16.5. The molecule has 0 saturated heterocycles. The zero-order valence-electron chi connectivity index (χ0n) is 19.7. The van der Waals surface area contributed by atoms with Gasteiger partial charge >= 0.3 is 5.97 Å². The van der Waals surface area contributed by atoms with Gasteiger partial charge in [0.05, 0.1) is 7.11 Å². The third-order valence-electron chi connectivity index (χ3n) is 5.23. The van der Waals surface area contributed by atoms with Crippen LogP contribution in [0.3, 0.4) is 0 Å². The van der Waals surface area contributed by atoms with Gasteiger partial charge in [-0.05, 0) is 85.2 Å². The number of rotatable bonds is 12. The molecule has 0 heterocycles. The molecule has 0 aliphatic heterocycles. The molecule has 6 nitrogen and oxygen atoms in total. The molecule has 0 aromatic heterocycles. The summed E-state index contributed by atoms with van der Waals surface area (Å²) in [5.41, 5.74) is 3.06. The number of hydrogen-bond acceptors (Lipinski definition) is 5. The summed E-state index contributed by atoms with van der Waals surface area (Å²) in [7, 11) is 1.63.